The van der Waals surface area contributed by atoms with Gasteiger partial charge in [-0.25, -0.2) is 0 Å². The average Bonchev–Trinajstić information content (AvgIpc) is 3.19. The largest absolute Gasteiger partial charge is 0.342 e. The number of carbonyl (C=O) groups is 1. The molecule has 0 unspecified atom stereocenters. The highest BCUT2D eigenvalue weighted by Gasteiger charge is 2.46. The lowest BCUT2D eigenvalue weighted by Gasteiger charge is -2.32. The number of hydrogen-bond donors (Lipinski definition) is 2. The zero-order valence-electron chi connectivity index (χ0n) is 17.9. The average molecular weight is 395 g/mol. The van der Waals surface area contributed by atoms with E-state index in [2.05, 4.69) is 54.7 Å². The zero-order valence-corrected chi connectivity index (χ0v) is 17.9. The van der Waals surface area contributed by atoms with Crippen molar-refractivity contribution in [2.45, 2.75) is 51.7 Å². The normalized spacial score (nSPS) is 23.2. The van der Waals surface area contributed by atoms with Crippen LogP contribution in [-0.4, -0.2) is 50.6 Å². The van der Waals surface area contributed by atoms with Gasteiger partial charge in [0.25, 0.3) is 5.91 Å². The molecule has 1 amide bonds. The Hall–Kier alpha value is -2.67. The molecule has 1 saturated heterocycles. The van der Waals surface area contributed by atoms with Crippen LogP contribution in [-0.2, 0) is 13.6 Å². The number of anilines is 1. The minimum atomic E-state index is -0.397. The Morgan fingerprint density at radius 2 is 2.03 bits per heavy atom. The first-order valence-electron chi connectivity index (χ1n) is 10.2. The molecule has 0 aliphatic carbocycles. The van der Waals surface area contributed by atoms with Crippen molar-refractivity contribution in [3.05, 3.63) is 47.3 Å². The number of fused-ring (bicyclic) bond motifs is 1. The third kappa shape index (κ3) is 3.79. The van der Waals surface area contributed by atoms with Crippen molar-refractivity contribution >= 4 is 17.4 Å². The zero-order chi connectivity index (χ0) is 20.8. The Kier molecular flexibility index (Phi) is 4.73. The number of aromatic nitrogens is 2. The van der Waals surface area contributed by atoms with Crippen LogP contribution < -0.4 is 10.6 Å². The molecule has 1 fully saturated rings. The topological polar surface area (TPSA) is 74.6 Å². The maximum absolute atomic E-state index is 13.1. The minimum Gasteiger partial charge on any atom is -0.342 e. The van der Waals surface area contributed by atoms with Crippen molar-refractivity contribution in [1.82, 2.24) is 20.0 Å². The fraction of sp³-hybridized carbons (Fsp3) is 0.500. The third-order valence-corrected chi connectivity index (χ3v) is 5.68. The molecule has 4 rings (SSSR count). The fourth-order valence-electron chi connectivity index (χ4n) is 4.01. The van der Waals surface area contributed by atoms with Gasteiger partial charge in [-0.15, -0.1) is 0 Å². The van der Waals surface area contributed by atoms with E-state index in [0.29, 0.717) is 18.8 Å². The van der Waals surface area contributed by atoms with Crippen LogP contribution in [0.5, 0.6) is 0 Å². The van der Waals surface area contributed by atoms with Crippen molar-refractivity contribution in [2.75, 3.05) is 18.4 Å². The van der Waals surface area contributed by atoms with E-state index in [0.717, 1.165) is 30.2 Å². The van der Waals surface area contributed by atoms with Crippen molar-refractivity contribution < 1.29 is 4.79 Å². The number of para-hydroxylation sites is 1. The van der Waals surface area contributed by atoms with Gasteiger partial charge in [-0.3, -0.25) is 19.8 Å². The molecule has 154 valence electrons. The molecule has 1 aromatic heterocycles. The molecule has 2 aliphatic heterocycles. The summed E-state index contributed by atoms with van der Waals surface area (Å²) >= 11 is 0. The van der Waals surface area contributed by atoms with Gasteiger partial charge in [0.2, 0.25) is 0 Å². The number of nitrogens with zero attached hydrogens (tertiary/aromatic N) is 4. The molecule has 0 radical (unpaired) electrons. The van der Waals surface area contributed by atoms with Crippen molar-refractivity contribution in [1.29, 1.82) is 0 Å². The molecule has 0 bridgehead atoms. The van der Waals surface area contributed by atoms with Crippen LogP contribution in [0.3, 0.4) is 0 Å². The highest BCUT2D eigenvalue weighted by molar-refractivity contribution is 6.05. The highest BCUT2D eigenvalue weighted by atomic mass is 16.2. The van der Waals surface area contributed by atoms with Crippen molar-refractivity contribution in [3.63, 3.8) is 0 Å². The number of likely N-dealkylation sites (tertiary alicyclic amines) is 1. The fourth-order valence-corrected chi connectivity index (χ4v) is 4.01. The first-order valence-corrected chi connectivity index (χ1v) is 10.2. The first-order chi connectivity index (χ1) is 13.7. The number of amidine groups is 1. The van der Waals surface area contributed by atoms with Crippen LogP contribution >= 0.6 is 0 Å². The summed E-state index contributed by atoms with van der Waals surface area (Å²) in [5.41, 5.74) is 3.13. The number of carbonyl (C=O) groups excluding carboxylic acids is 1. The lowest BCUT2D eigenvalue weighted by molar-refractivity contribution is 0.0779. The second kappa shape index (κ2) is 6.99. The number of amides is 1. The predicted molar refractivity (Wildman–Crippen MR) is 115 cm³/mol. The standard InChI is InChI=1S/C22H30N6O/c1-15-12-18(26-27(15)5)19(29)28-11-10-22(14-28)20(25-21(2,3)4)24-17-9-7-6-8-16(17)13-23-22/h6-9,12,23H,10-11,13-14H2,1-5H3,(H,24,25)/t22-/m0/s1. The number of aryl methyl sites for hydroxylation is 2. The van der Waals surface area contributed by atoms with Crippen LogP contribution in [0.25, 0.3) is 0 Å². The van der Waals surface area contributed by atoms with E-state index in [1.165, 1.54) is 5.56 Å². The molecule has 2 aliphatic rings. The molecule has 2 aromatic rings. The summed E-state index contributed by atoms with van der Waals surface area (Å²) in [6.07, 6.45) is 0.806. The first kappa shape index (κ1) is 19.6. The van der Waals surface area contributed by atoms with Gasteiger partial charge < -0.3 is 10.2 Å². The van der Waals surface area contributed by atoms with Crippen LogP contribution in [0.1, 0.15) is 48.9 Å². The molecule has 29 heavy (non-hydrogen) atoms. The van der Waals surface area contributed by atoms with E-state index in [1.54, 1.807) is 4.68 Å². The summed E-state index contributed by atoms with van der Waals surface area (Å²) in [7, 11) is 1.86. The summed E-state index contributed by atoms with van der Waals surface area (Å²) in [6.45, 7) is 10.2. The maximum atomic E-state index is 13.1. The van der Waals surface area contributed by atoms with Crippen LogP contribution in [0.4, 0.5) is 5.69 Å². The van der Waals surface area contributed by atoms with Gasteiger partial charge in [0, 0.05) is 38.1 Å². The van der Waals surface area contributed by atoms with E-state index in [-0.39, 0.29) is 11.4 Å². The Balaban J connectivity index is 1.66. The Morgan fingerprint density at radius 3 is 2.72 bits per heavy atom. The molecular formula is C22H30N6O. The summed E-state index contributed by atoms with van der Waals surface area (Å²) in [4.78, 5) is 20.0. The number of nitrogens with one attached hydrogen (secondary N) is 2. The van der Waals surface area contributed by atoms with Crippen LogP contribution in [0.15, 0.2) is 35.3 Å². The van der Waals surface area contributed by atoms with Crippen molar-refractivity contribution in [3.8, 4) is 0 Å². The van der Waals surface area contributed by atoms with E-state index in [4.69, 9.17) is 4.99 Å². The molecular weight excluding hydrogens is 364 g/mol. The Morgan fingerprint density at radius 1 is 1.28 bits per heavy atom. The van der Waals surface area contributed by atoms with E-state index >= 15 is 0 Å². The maximum Gasteiger partial charge on any atom is 0.274 e. The summed E-state index contributed by atoms with van der Waals surface area (Å²) in [5.74, 6) is 0.881. The SMILES string of the molecule is Cc1cc(C(=O)N2CC[C@@]3(C2)NCc2ccccc2NC3=NC(C)(C)C)nn1C. The monoisotopic (exact) mass is 394 g/mol. The lowest BCUT2D eigenvalue weighted by atomic mass is 9.95. The highest BCUT2D eigenvalue weighted by Crippen LogP contribution is 2.31. The second-order valence-electron chi connectivity index (χ2n) is 9.12. The molecule has 0 saturated carbocycles. The smallest absolute Gasteiger partial charge is 0.274 e. The van der Waals surface area contributed by atoms with Crippen LogP contribution in [0, 0.1) is 6.92 Å². The molecule has 7 nitrogen and oxygen atoms in total. The van der Waals surface area contributed by atoms with Crippen molar-refractivity contribution in [2.24, 2.45) is 12.0 Å². The summed E-state index contributed by atoms with van der Waals surface area (Å²) in [6, 6.07) is 10.1. The quantitative estimate of drug-likeness (QED) is 0.780. The van der Waals surface area contributed by atoms with E-state index in [9.17, 15) is 4.79 Å². The van der Waals surface area contributed by atoms with Crippen LogP contribution in [0.2, 0.25) is 0 Å². The van der Waals surface area contributed by atoms with E-state index in [1.807, 2.05) is 31.0 Å². The molecule has 2 N–H and O–H groups in total. The number of aliphatic imine (C=N–C) groups is 1. The number of benzene rings is 1. The predicted octanol–water partition coefficient (Wildman–Crippen LogP) is 2.73. The number of hydrogen-bond acceptors (Lipinski definition) is 4. The Bertz CT molecular complexity index is 950. The van der Waals surface area contributed by atoms with Gasteiger partial charge in [0.15, 0.2) is 5.69 Å². The molecule has 1 aromatic carbocycles. The molecule has 7 heteroatoms. The minimum absolute atomic E-state index is 0.0238. The molecule has 1 spiro atoms. The molecule has 3 heterocycles. The van der Waals surface area contributed by atoms with Gasteiger partial charge in [-0.2, -0.15) is 5.10 Å². The van der Waals surface area contributed by atoms with E-state index < -0.39 is 5.54 Å². The van der Waals surface area contributed by atoms with Gasteiger partial charge in [-0.1, -0.05) is 18.2 Å². The van der Waals surface area contributed by atoms with Gasteiger partial charge in [0.1, 0.15) is 5.84 Å². The second-order valence-corrected chi connectivity index (χ2v) is 9.12. The molecule has 1 atom stereocenters. The van der Waals surface area contributed by atoms with Gasteiger partial charge in [0.05, 0.1) is 11.1 Å². The lowest BCUT2D eigenvalue weighted by Crippen LogP contribution is -2.56. The van der Waals surface area contributed by atoms with Gasteiger partial charge >= 0.3 is 0 Å². The summed E-state index contributed by atoms with van der Waals surface area (Å²) < 4.78 is 1.74. The summed E-state index contributed by atoms with van der Waals surface area (Å²) in [5, 5.41) is 11.7. The van der Waals surface area contributed by atoms with Gasteiger partial charge in [-0.05, 0) is 51.8 Å². The number of rotatable bonds is 1. The third-order valence-electron chi connectivity index (χ3n) is 5.68. The Labute approximate surface area is 172 Å².